The molecule has 0 radical (unpaired) electrons. The fourth-order valence-electron chi connectivity index (χ4n) is 4.20. The van der Waals surface area contributed by atoms with Crippen LogP contribution in [0.5, 0.6) is 0 Å². The quantitative estimate of drug-likeness (QED) is 0.445. The highest BCUT2D eigenvalue weighted by atomic mass is 32.1. The van der Waals surface area contributed by atoms with Crippen LogP contribution >= 0.6 is 11.3 Å². The number of nitrogens with two attached hydrogens (primary N) is 1. The van der Waals surface area contributed by atoms with Crippen LogP contribution < -0.4 is 10.6 Å². The van der Waals surface area contributed by atoms with Gasteiger partial charge in [-0.3, -0.25) is 9.59 Å². The molecule has 8 heteroatoms. The van der Waals surface area contributed by atoms with Gasteiger partial charge in [0.2, 0.25) is 5.91 Å². The molecule has 1 saturated heterocycles. The van der Waals surface area contributed by atoms with E-state index in [0.29, 0.717) is 17.2 Å². The third-order valence-corrected chi connectivity index (χ3v) is 6.74. The van der Waals surface area contributed by atoms with Crippen molar-refractivity contribution in [1.29, 1.82) is 0 Å². The number of hydrogen-bond donors (Lipinski definition) is 1. The van der Waals surface area contributed by atoms with Crippen molar-refractivity contribution in [2.75, 3.05) is 10.6 Å². The van der Waals surface area contributed by atoms with Gasteiger partial charge in [-0.2, -0.15) is 0 Å². The summed E-state index contributed by atoms with van der Waals surface area (Å²) >= 11 is 1.52. The van der Waals surface area contributed by atoms with E-state index in [9.17, 15) is 9.59 Å². The first kappa shape index (κ1) is 21.1. The van der Waals surface area contributed by atoms with Crippen molar-refractivity contribution >= 4 is 45.6 Å². The van der Waals surface area contributed by atoms with Crippen molar-refractivity contribution < 1.29 is 14.3 Å². The minimum atomic E-state index is -0.629. The molecule has 2 unspecified atom stereocenters. The van der Waals surface area contributed by atoms with Gasteiger partial charge in [-0.1, -0.05) is 35.9 Å². The highest BCUT2D eigenvalue weighted by molar-refractivity contribution is 7.10. The minimum Gasteiger partial charge on any atom is -0.457 e. The molecule has 1 aliphatic heterocycles. The average molecular weight is 459 g/mol. The molecule has 0 spiro atoms. The third-order valence-electron chi connectivity index (χ3n) is 5.79. The highest BCUT2D eigenvalue weighted by Crippen LogP contribution is 2.43. The summed E-state index contributed by atoms with van der Waals surface area (Å²) < 4.78 is 5.60. The van der Waals surface area contributed by atoms with Crippen LogP contribution in [-0.4, -0.2) is 21.8 Å². The Morgan fingerprint density at radius 2 is 1.91 bits per heavy atom. The summed E-state index contributed by atoms with van der Waals surface area (Å²) in [5.41, 5.74) is 8.60. The van der Waals surface area contributed by atoms with E-state index < -0.39 is 17.9 Å². The lowest BCUT2D eigenvalue weighted by Gasteiger charge is -2.27. The van der Waals surface area contributed by atoms with Crippen molar-refractivity contribution in [3.8, 4) is 0 Å². The molecule has 1 aliphatic rings. The van der Waals surface area contributed by atoms with Crippen LogP contribution in [0, 0.1) is 12.8 Å². The maximum atomic E-state index is 13.2. The number of nitrogens with zero attached hydrogens (tertiary/aromatic N) is 3. The Balaban J connectivity index is 1.40. The Morgan fingerprint density at radius 1 is 1.12 bits per heavy atom. The summed E-state index contributed by atoms with van der Waals surface area (Å²) in [4.78, 5) is 37.6. The van der Waals surface area contributed by atoms with Gasteiger partial charge < -0.3 is 15.4 Å². The Hall–Kier alpha value is -3.78. The molecule has 0 aliphatic carbocycles. The predicted octanol–water partition coefficient (Wildman–Crippen LogP) is 4.42. The van der Waals surface area contributed by atoms with E-state index in [4.69, 9.17) is 10.5 Å². The van der Waals surface area contributed by atoms with Crippen LogP contribution in [0.1, 0.15) is 28.7 Å². The fraction of sp³-hybridized carbons (Fsp3) is 0.200. The molecule has 2 atom stereocenters. The van der Waals surface area contributed by atoms with Crippen LogP contribution in [0.3, 0.4) is 0 Å². The predicted molar refractivity (Wildman–Crippen MR) is 128 cm³/mol. The van der Waals surface area contributed by atoms with Crippen molar-refractivity contribution in [2.45, 2.75) is 26.0 Å². The molecular weight excluding hydrogens is 436 g/mol. The first-order valence-corrected chi connectivity index (χ1v) is 11.5. The molecular formula is C25H22N4O3S. The van der Waals surface area contributed by atoms with Crippen LogP contribution in [0.15, 0.2) is 66.0 Å². The molecule has 0 bridgehead atoms. The zero-order valence-corrected chi connectivity index (χ0v) is 18.8. The number of ether oxygens (including phenoxy) is 1. The summed E-state index contributed by atoms with van der Waals surface area (Å²) in [6, 6.07) is 18.6. The average Bonchev–Trinajstić information content (AvgIpc) is 3.46. The van der Waals surface area contributed by atoms with Gasteiger partial charge in [0.25, 0.3) is 0 Å². The van der Waals surface area contributed by atoms with Crippen molar-refractivity contribution in [3.63, 3.8) is 0 Å². The summed E-state index contributed by atoms with van der Waals surface area (Å²) in [5, 5.41) is 2.69. The number of aromatic nitrogens is 2. The number of amides is 1. The smallest absolute Gasteiger partial charge is 0.312 e. The number of nitrogen functional groups attached to an aromatic ring is 1. The van der Waals surface area contributed by atoms with E-state index in [0.717, 1.165) is 21.5 Å². The number of fused-ring (bicyclic) bond motifs is 1. The molecule has 0 saturated carbocycles. The monoisotopic (exact) mass is 458 g/mol. The number of aryl methyl sites for hydroxylation is 1. The van der Waals surface area contributed by atoms with Gasteiger partial charge in [-0.25, -0.2) is 9.97 Å². The summed E-state index contributed by atoms with van der Waals surface area (Å²) in [7, 11) is 0. The zero-order valence-electron chi connectivity index (χ0n) is 18.0. The van der Waals surface area contributed by atoms with Crippen molar-refractivity contribution in [1.82, 2.24) is 9.97 Å². The standard InChI is InChI=1S/C25H22N4O3S/c1-15-8-10-16(11-9-15)29-22(30)13-18(23(29)20-7-4-12-33-20)25(31)32-14-21-27-19-6-3-2-5-17(19)24(26)28-21/h2-12,18,23H,13-14H2,1H3,(H2,26,27,28). The normalized spacial score (nSPS) is 18.1. The minimum absolute atomic E-state index is 0.0794. The molecule has 7 nitrogen and oxygen atoms in total. The number of esters is 1. The second kappa shape index (κ2) is 8.63. The molecule has 3 heterocycles. The van der Waals surface area contributed by atoms with E-state index in [-0.39, 0.29) is 18.9 Å². The maximum Gasteiger partial charge on any atom is 0.312 e. The van der Waals surface area contributed by atoms with Crippen LogP contribution in [0.2, 0.25) is 0 Å². The number of rotatable bonds is 5. The van der Waals surface area contributed by atoms with Crippen molar-refractivity contribution in [3.05, 3.63) is 82.3 Å². The number of anilines is 2. The lowest BCUT2D eigenvalue weighted by molar-refractivity contribution is -0.150. The third kappa shape index (κ3) is 4.05. The topological polar surface area (TPSA) is 98.4 Å². The molecule has 1 amide bonds. The van der Waals surface area contributed by atoms with E-state index in [2.05, 4.69) is 9.97 Å². The van der Waals surface area contributed by atoms with E-state index >= 15 is 0 Å². The number of para-hydroxylation sites is 1. The Bertz CT molecular complexity index is 1320. The highest BCUT2D eigenvalue weighted by Gasteiger charge is 2.46. The van der Waals surface area contributed by atoms with Gasteiger partial charge in [0, 0.05) is 22.4 Å². The molecule has 33 heavy (non-hydrogen) atoms. The van der Waals surface area contributed by atoms with Crippen molar-refractivity contribution in [2.24, 2.45) is 5.92 Å². The first-order valence-electron chi connectivity index (χ1n) is 10.6. The second-order valence-electron chi connectivity index (χ2n) is 8.02. The van der Waals surface area contributed by atoms with E-state index in [1.165, 1.54) is 11.3 Å². The molecule has 1 fully saturated rings. The van der Waals surface area contributed by atoms with Gasteiger partial charge in [-0.05, 0) is 42.6 Å². The number of thiophene rings is 1. The zero-order chi connectivity index (χ0) is 22.9. The fourth-order valence-corrected chi connectivity index (χ4v) is 5.08. The maximum absolute atomic E-state index is 13.2. The molecule has 5 rings (SSSR count). The van der Waals surface area contributed by atoms with E-state index in [1.807, 2.05) is 73.0 Å². The molecule has 2 aromatic heterocycles. The Morgan fingerprint density at radius 3 is 2.67 bits per heavy atom. The number of benzene rings is 2. The van der Waals surface area contributed by atoms with Gasteiger partial charge in [0.15, 0.2) is 12.4 Å². The Labute approximate surface area is 194 Å². The van der Waals surface area contributed by atoms with Crippen LogP contribution in [0.25, 0.3) is 10.9 Å². The Kier molecular flexibility index (Phi) is 5.51. The lowest BCUT2D eigenvalue weighted by Crippen LogP contribution is -2.30. The van der Waals surface area contributed by atoms with Crippen LogP contribution in [0.4, 0.5) is 11.5 Å². The second-order valence-corrected chi connectivity index (χ2v) is 9.00. The summed E-state index contributed by atoms with van der Waals surface area (Å²) in [6.45, 7) is 1.88. The molecule has 2 aromatic carbocycles. The van der Waals surface area contributed by atoms with Crippen LogP contribution in [-0.2, 0) is 20.9 Å². The molecule has 166 valence electrons. The first-order chi connectivity index (χ1) is 16.0. The van der Waals surface area contributed by atoms with Gasteiger partial charge in [0.1, 0.15) is 5.82 Å². The lowest BCUT2D eigenvalue weighted by atomic mass is 9.99. The largest absolute Gasteiger partial charge is 0.457 e. The number of carbonyl (C=O) groups excluding carboxylic acids is 2. The van der Waals surface area contributed by atoms with Gasteiger partial charge >= 0.3 is 5.97 Å². The van der Waals surface area contributed by atoms with E-state index in [1.54, 1.807) is 4.90 Å². The molecule has 2 N–H and O–H groups in total. The van der Waals surface area contributed by atoms with Gasteiger partial charge in [0.05, 0.1) is 17.5 Å². The number of carbonyl (C=O) groups is 2. The number of hydrogen-bond acceptors (Lipinski definition) is 7. The summed E-state index contributed by atoms with van der Waals surface area (Å²) in [6.07, 6.45) is 0.0794. The summed E-state index contributed by atoms with van der Waals surface area (Å²) in [5.74, 6) is -0.524. The molecule has 4 aromatic rings. The SMILES string of the molecule is Cc1ccc(N2C(=O)CC(C(=O)OCc3nc(N)c4ccccc4n3)C2c2cccs2)cc1. The van der Waals surface area contributed by atoms with Gasteiger partial charge in [-0.15, -0.1) is 11.3 Å².